The zero-order chi connectivity index (χ0) is 14.1. The Morgan fingerprint density at radius 2 is 1.89 bits per heavy atom. The van der Waals surface area contributed by atoms with Gasteiger partial charge in [-0.05, 0) is 45.7 Å². The van der Waals surface area contributed by atoms with E-state index in [1.54, 1.807) is 7.11 Å². The van der Waals surface area contributed by atoms with Gasteiger partial charge < -0.3 is 19.9 Å². The van der Waals surface area contributed by atoms with Gasteiger partial charge >= 0.3 is 0 Å². The SMILES string of the molecule is COc1cccc(N(C)CCNCCCN(C)C)c1. The third-order valence-corrected chi connectivity index (χ3v) is 3.08. The standard InChI is InChI=1S/C15H27N3O/c1-17(2)11-6-9-16-10-12-18(3)14-7-5-8-15(13-14)19-4/h5,7-8,13,16H,6,9-12H2,1-4H3. The average molecular weight is 265 g/mol. The smallest absolute Gasteiger partial charge is 0.120 e. The quantitative estimate of drug-likeness (QED) is 0.688. The molecule has 108 valence electrons. The van der Waals surface area contributed by atoms with Crippen LogP contribution >= 0.6 is 0 Å². The highest BCUT2D eigenvalue weighted by molar-refractivity contribution is 5.50. The fourth-order valence-electron chi connectivity index (χ4n) is 1.87. The van der Waals surface area contributed by atoms with Gasteiger partial charge in [-0.1, -0.05) is 6.07 Å². The Hall–Kier alpha value is -1.26. The first-order chi connectivity index (χ1) is 9.13. The summed E-state index contributed by atoms with van der Waals surface area (Å²) in [5.41, 5.74) is 1.19. The van der Waals surface area contributed by atoms with Crippen molar-refractivity contribution >= 4 is 5.69 Å². The lowest BCUT2D eigenvalue weighted by molar-refractivity contribution is 0.395. The van der Waals surface area contributed by atoms with Crippen molar-refractivity contribution in [3.05, 3.63) is 24.3 Å². The van der Waals surface area contributed by atoms with E-state index in [1.807, 2.05) is 12.1 Å². The van der Waals surface area contributed by atoms with E-state index in [-0.39, 0.29) is 0 Å². The monoisotopic (exact) mass is 265 g/mol. The van der Waals surface area contributed by atoms with Gasteiger partial charge in [-0.15, -0.1) is 0 Å². The fourth-order valence-corrected chi connectivity index (χ4v) is 1.87. The number of rotatable bonds is 9. The minimum atomic E-state index is 0.906. The van der Waals surface area contributed by atoms with Crippen LogP contribution in [0.1, 0.15) is 6.42 Å². The summed E-state index contributed by atoms with van der Waals surface area (Å²) in [4.78, 5) is 4.45. The molecular weight excluding hydrogens is 238 g/mol. The Morgan fingerprint density at radius 1 is 1.11 bits per heavy atom. The topological polar surface area (TPSA) is 27.7 Å². The molecule has 0 fully saturated rings. The summed E-state index contributed by atoms with van der Waals surface area (Å²) < 4.78 is 5.24. The number of nitrogens with zero attached hydrogens (tertiary/aromatic N) is 2. The molecule has 0 saturated carbocycles. The third-order valence-electron chi connectivity index (χ3n) is 3.08. The molecule has 0 radical (unpaired) electrons. The molecule has 1 N–H and O–H groups in total. The molecule has 0 amide bonds. The molecule has 0 aromatic heterocycles. The Labute approximate surface area is 117 Å². The molecule has 0 spiro atoms. The van der Waals surface area contributed by atoms with Crippen molar-refractivity contribution in [1.29, 1.82) is 0 Å². The summed E-state index contributed by atoms with van der Waals surface area (Å²) in [6.45, 7) is 4.21. The maximum atomic E-state index is 5.24. The van der Waals surface area contributed by atoms with Crippen LogP contribution < -0.4 is 15.0 Å². The first kappa shape index (κ1) is 15.8. The third kappa shape index (κ3) is 6.45. The van der Waals surface area contributed by atoms with Crippen molar-refractivity contribution in [2.75, 3.05) is 59.3 Å². The molecular formula is C15H27N3O. The van der Waals surface area contributed by atoms with Crippen molar-refractivity contribution in [3.63, 3.8) is 0 Å². The summed E-state index contributed by atoms with van der Waals surface area (Å²) in [7, 11) is 8.02. The van der Waals surface area contributed by atoms with Gasteiger partial charge in [0.05, 0.1) is 7.11 Å². The van der Waals surface area contributed by atoms with E-state index in [1.165, 1.54) is 12.1 Å². The molecule has 0 saturated heterocycles. The fraction of sp³-hybridized carbons (Fsp3) is 0.600. The number of benzene rings is 1. The van der Waals surface area contributed by atoms with Crippen LogP contribution in [0.3, 0.4) is 0 Å². The lowest BCUT2D eigenvalue weighted by atomic mass is 10.3. The number of nitrogens with one attached hydrogen (secondary N) is 1. The molecule has 1 rings (SSSR count). The molecule has 0 heterocycles. The molecule has 0 unspecified atom stereocenters. The lowest BCUT2D eigenvalue weighted by Crippen LogP contribution is -2.30. The summed E-state index contributed by atoms with van der Waals surface area (Å²) >= 11 is 0. The van der Waals surface area contributed by atoms with Crippen LogP contribution in [0.25, 0.3) is 0 Å². The van der Waals surface area contributed by atoms with Gasteiger partial charge in [-0.2, -0.15) is 0 Å². The van der Waals surface area contributed by atoms with Crippen molar-refractivity contribution in [1.82, 2.24) is 10.2 Å². The molecule has 0 aliphatic heterocycles. The Kier molecular flexibility index (Phi) is 7.30. The highest BCUT2D eigenvalue weighted by Crippen LogP contribution is 2.19. The maximum absolute atomic E-state index is 5.24. The minimum Gasteiger partial charge on any atom is -0.497 e. The molecule has 4 nitrogen and oxygen atoms in total. The van der Waals surface area contributed by atoms with Crippen molar-refractivity contribution in [2.45, 2.75) is 6.42 Å². The van der Waals surface area contributed by atoms with E-state index in [4.69, 9.17) is 4.74 Å². The number of hydrogen-bond donors (Lipinski definition) is 1. The second-order valence-electron chi connectivity index (χ2n) is 5.03. The lowest BCUT2D eigenvalue weighted by Gasteiger charge is -2.20. The van der Waals surface area contributed by atoms with Crippen LogP contribution in [0.5, 0.6) is 5.75 Å². The van der Waals surface area contributed by atoms with Crippen LogP contribution in [0.2, 0.25) is 0 Å². The highest BCUT2D eigenvalue weighted by atomic mass is 16.5. The van der Waals surface area contributed by atoms with Crippen LogP contribution in [-0.4, -0.2) is 59.3 Å². The van der Waals surface area contributed by atoms with Crippen LogP contribution in [0.4, 0.5) is 5.69 Å². The first-order valence-corrected chi connectivity index (χ1v) is 6.84. The summed E-state index contributed by atoms with van der Waals surface area (Å²) in [5.74, 6) is 0.906. The normalized spacial score (nSPS) is 10.8. The zero-order valence-electron chi connectivity index (χ0n) is 12.6. The van der Waals surface area contributed by atoms with Crippen LogP contribution in [0, 0.1) is 0 Å². The average Bonchev–Trinajstić information content (AvgIpc) is 2.42. The van der Waals surface area contributed by atoms with E-state index in [2.05, 4.69) is 48.4 Å². The Balaban J connectivity index is 2.21. The predicted molar refractivity (Wildman–Crippen MR) is 82.3 cm³/mol. The second kappa shape index (κ2) is 8.77. The van der Waals surface area contributed by atoms with Gasteiger partial charge in [-0.3, -0.25) is 0 Å². The maximum Gasteiger partial charge on any atom is 0.120 e. The van der Waals surface area contributed by atoms with E-state index < -0.39 is 0 Å². The second-order valence-corrected chi connectivity index (χ2v) is 5.03. The molecule has 4 heteroatoms. The molecule has 19 heavy (non-hydrogen) atoms. The number of ether oxygens (including phenoxy) is 1. The number of hydrogen-bond acceptors (Lipinski definition) is 4. The summed E-state index contributed by atoms with van der Waals surface area (Å²) in [6.07, 6.45) is 1.19. The Morgan fingerprint density at radius 3 is 2.58 bits per heavy atom. The highest BCUT2D eigenvalue weighted by Gasteiger charge is 2.01. The van der Waals surface area contributed by atoms with Gasteiger partial charge in [0.1, 0.15) is 5.75 Å². The van der Waals surface area contributed by atoms with Crippen molar-refractivity contribution in [2.24, 2.45) is 0 Å². The summed E-state index contributed by atoms with van der Waals surface area (Å²) in [6, 6.07) is 8.16. The van der Waals surface area contributed by atoms with Crippen molar-refractivity contribution < 1.29 is 4.74 Å². The Bertz CT molecular complexity index is 355. The number of anilines is 1. The van der Waals surface area contributed by atoms with E-state index in [0.717, 1.165) is 31.9 Å². The molecule has 1 aromatic rings. The molecule has 0 aliphatic rings. The van der Waals surface area contributed by atoms with Gasteiger partial charge in [0.25, 0.3) is 0 Å². The minimum absolute atomic E-state index is 0.906. The van der Waals surface area contributed by atoms with E-state index >= 15 is 0 Å². The van der Waals surface area contributed by atoms with Gasteiger partial charge in [0, 0.05) is 31.9 Å². The van der Waals surface area contributed by atoms with Gasteiger partial charge in [-0.25, -0.2) is 0 Å². The predicted octanol–water partition coefficient (Wildman–Crippen LogP) is 1.67. The zero-order valence-corrected chi connectivity index (χ0v) is 12.6. The van der Waals surface area contributed by atoms with E-state index in [0.29, 0.717) is 0 Å². The largest absolute Gasteiger partial charge is 0.497 e. The molecule has 1 aromatic carbocycles. The van der Waals surface area contributed by atoms with Gasteiger partial charge in [0.2, 0.25) is 0 Å². The van der Waals surface area contributed by atoms with Crippen LogP contribution in [0.15, 0.2) is 24.3 Å². The first-order valence-electron chi connectivity index (χ1n) is 6.84. The molecule has 0 aliphatic carbocycles. The number of methoxy groups -OCH3 is 1. The van der Waals surface area contributed by atoms with Gasteiger partial charge in [0.15, 0.2) is 0 Å². The number of likely N-dealkylation sites (N-methyl/N-ethyl adjacent to an activating group) is 1. The molecule has 0 bridgehead atoms. The summed E-state index contributed by atoms with van der Waals surface area (Å²) in [5, 5.41) is 3.47. The molecule has 0 atom stereocenters. The van der Waals surface area contributed by atoms with Crippen LogP contribution in [-0.2, 0) is 0 Å². The van der Waals surface area contributed by atoms with Crippen molar-refractivity contribution in [3.8, 4) is 5.75 Å². The van der Waals surface area contributed by atoms with E-state index in [9.17, 15) is 0 Å².